The molecule has 7 heteroatoms. The number of nitro benzene ring substituents is 1. The van der Waals surface area contributed by atoms with Gasteiger partial charge in [-0.15, -0.1) is 0 Å². The maximum atomic E-state index is 13.3. The first-order valence-corrected chi connectivity index (χ1v) is 7.11. The van der Waals surface area contributed by atoms with E-state index < -0.39 is 10.7 Å². The normalized spacial score (nSPS) is 10.3. The zero-order chi connectivity index (χ0) is 16.3. The van der Waals surface area contributed by atoms with E-state index in [0.717, 1.165) is 6.07 Å². The molecule has 0 fully saturated rings. The summed E-state index contributed by atoms with van der Waals surface area (Å²) >= 11 is 3.21. The standard InChI is InChI=1S/C15H12BrFN2O3/c1-18(9-10-3-2-4-12(7-10)19(21)22)15(20)13-8-11(17)5-6-14(13)16/h2-8H,9H2,1H3. The first kappa shape index (κ1) is 16.1. The summed E-state index contributed by atoms with van der Waals surface area (Å²) in [7, 11) is 1.55. The van der Waals surface area contributed by atoms with Gasteiger partial charge >= 0.3 is 0 Å². The lowest BCUT2D eigenvalue weighted by Gasteiger charge is -2.18. The lowest BCUT2D eigenvalue weighted by molar-refractivity contribution is -0.384. The second kappa shape index (κ2) is 6.65. The Kier molecular flexibility index (Phi) is 4.87. The summed E-state index contributed by atoms with van der Waals surface area (Å²) in [6.07, 6.45) is 0. The predicted molar refractivity (Wildman–Crippen MR) is 83.0 cm³/mol. The number of nitrogens with zero attached hydrogens (tertiary/aromatic N) is 2. The molecule has 2 aromatic carbocycles. The quantitative estimate of drug-likeness (QED) is 0.611. The fraction of sp³-hybridized carbons (Fsp3) is 0.133. The first-order chi connectivity index (χ1) is 10.4. The number of nitro groups is 1. The van der Waals surface area contributed by atoms with E-state index in [1.54, 1.807) is 19.2 Å². The van der Waals surface area contributed by atoms with Gasteiger partial charge in [-0.05, 0) is 39.7 Å². The van der Waals surface area contributed by atoms with Gasteiger partial charge in [0, 0.05) is 30.2 Å². The number of rotatable bonds is 4. The molecule has 0 spiro atoms. The Hall–Kier alpha value is -2.28. The number of non-ortho nitro benzene ring substituents is 1. The van der Waals surface area contributed by atoms with Crippen molar-refractivity contribution in [2.75, 3.05) is 7.05 Å². The van der Waals surface area contributed by atoms with Crippen molar-refractivity contribution in [3.05, 3.63) is 74.0 Å². The number of hydrogen-bond donors (Lipinski definition) is 0. The minimum absolute atomic E-state index is 0.0368. The zero-order valence-corrected chi connectivity index (χ0v) is 13.2. The second-order valence-corrected chi connectivity index (χ2v) is 5.57. The van der Waals surface area contributed by atoms with Gasteiger partial charge in [0.05, 0.1) is 10.5 Å². The molecule has 0 aliphatic rings. The highest BCUT2D eigenvalue weighted by Gasteiger charge is 2.17. The third-order valence-electron chi connectivity index (χ3n) is 3.05. The van der Waals surface area contributed by atoms with Crippen LogP contribution in [0, 0.1) is 15.9 Å². The van der Waals surface area contributed by atoms with Crippen LogP contribution in [0.4, 0.5) is 10.1 Å². The minimum atomic E-state index is -0.504. The molecule has 22 heavy (non-hydrogen) atoms. The van der Waals surface area contributed by atoms with Crippen molar-refractivity contribution in [2.45, 2.75) is 6.54 Å². The van der Waals surface area contributed by atoms with Gasteiger partial charge in [0.1, 0.15) is 5.82 Å². The van der Waals surface area contributed by atoms with Crippen LogP contribution in [0.2, 0.25) is 0 Å². The van der Waals surface area contributed by atoms with Gasteiger partial charge in [0.2, 0.25) is 0 Å². The van der Waals surface area contributed by atoms with Gasteiger partial charge in [0.15, 0.2) is 0 Å². The molecule has 5 nitrogen and oxygen atoms in total. The summed E-state index contributed by atoms with van der Waals surface area (Å²) < 4.78 is 13.8. The van der Waals surface area contributed by atoms with Crippen LogP contribution in [-0.2, 0) is 6.54 Å². The van der Waals surface area contributed by atoms with Crippen LogP contribution < -0.4 is 0 Å². The van der Waals surface area contributed by atoms with Gasteiger partial charge in [-0.1, -0.05) is 12.1 Å². The third-order valence-corrected chi connectivity index (χ3v) is 3.74. The molecule has 0 unspecified atom stereocenters. The van der Waals surface area contributed by atoms with E-state index in [4.69, 9.17) is 0 Å². The largest absolute Gasteiger partial charge is 0.337 e. The topological polar surface area (TPSA) is 63.4 Å². The molecule has 0 bridgehead atoms. The van der Waals surface area contributed by atoms with Crippen molar-refractivity contribution in [3.63, 3.8) is 0 Å². The highest BCUT2D eigenvalue weighted by molar-refractivity contribution is 9.10. The lowest BCUT2D eigenvalue weighted by atomic mass is 10.1. The molecule has 2 rings (SSSR count). The van der Waals surface area contributed by atoms with Crippen molar-refractivity contribution in [3.8, 4) is 0 Å². The number of hydrogen-bond acceptors (Lipinski definition) is 3. The fourth-order valence-electron chi connectivity index (χ4n) is 1.98. The van der Waals surface area contributed by atoms with Crippen molar-refractivity contribution >= 4 is 27.5 Å². The zero-order valence-electron chi connectivity index (χ0n) is 11.6. The van der Waals surface area contributed by atoms with Crippen molar-refractivity contribution in [2.24, 2.45) is 0 Å². The Labute approximate surface area is 134 Å². The summed E-state index contributed by atoms with van der Waals surface area (Å²) in [4.78, 5) is 24.0. The molecule has 0 atom stereocenters. The summed E-state index contributed by atoms with van der Waals surface area (Å²) in [5, 5.41) is 10.8. The third kappa shape index (κ3) is 3.67. The van der Waals surface area contributed by atoms with Crippen LogP contribution >= 0.6 is 15.9 Å². The van der Waals surface area contributed by atoms with E-state index in [2.05, 4.69) is 15.9 Å². The van der Waals surface area contributed by atoms with Crippen LogP contribution in [-0.4, -0.2) is 22.8 Å². The molecular formula is C15H12BrFN2O3. The summed E-state index contributed by atoms with van der Waals surface area (Å²) in [6, 6.07) is 9.90. The maximum Gasteiger partial charge on any atom is 0.269 e. The van der Waals surface area contributed by atoms with Gasteiger partial charge < -0.3 is 4.90 Å². The molecule has 0 saturated heterocycles. The number of halogens is 2. The molecule has 1 amide bonds. The van der Waals surface area contributed by atoms with Crippen molar-refractivity contribution in [1.82, 2.24) is 4.90 Å². The Morgan fingerprint density at radius 1 is 1.32 bits per heavy atom. The predicted octanol–water partition coefficient (Wildman–Crippen LogP) is 3.77. The number of carbonyl (C=O) groups is 1. The van der Waals surface area contributed by atoms with E-state index in [1.165, 1.54) is 29.2 Å². The summed E-state index contributed by atoms with van der Waals surface area (Å²) in [5.41, 5.74) is 0.788. The molecule has 0 radical (unpaired) electrons. The second-order valence-electron chi connectivity index (χ2n) is 4.71. The van der Waals surface area contributed by atoms with Crippen molar-refractivity contribution in [1.29, 1.82) is 0 Å². The van der Waals surface area contributed by atoms with E-state index in [9.17, 15) is 19.3 Å². The van der Waals surface area contributed by atoms with E-state index in [-0.39, 0.29) is 23.7 Å². The SMILES string of the molecule is CN(Cc1cccc([N+](=O)[O-])c1)C(=O)c1cc(F)ccc1Br. The first-order valence-electron chi connectivity index (χ1n) is 6.32. The highest BCUT2D eigenvalue weighted by Crippen LogP contribution is 2.21. The average molecular weight is 367 g/mol. The molecular weight excluding hydrogens is 355 g/mol. The molecule has 0 N–H and O–H groups in total. The van der Waals surface area contributed by atoms with Crippen LogP contribution in [0.15, 0.2) is 46.9 Å². The number of benzene rings is 2. The van der Waals surface area contributed by atoms with E-state index >= 15 is 0 Å². The smallest absolute Gasteiger partial charge is 0.269 e. The van der Waals surface area contributed by atoms with Gasteiger partial charge in [-0.3, -0.25) is 14.9 Å². The Balaban J connectivity index is 2.19. The van der Waals surface area contributed by atoms with Crippen LogP contribution in [0.3, 0.4) is 0 Å². The van der Waals surface area contributed by atoms with Gasteiger partial charge in [0.25, 0.3) is 11.6 Å². The van der Waals surface area contributed by atoms with Gasteiger partial charge in [-0.2, -0.15) is 0 Å². The molecule has 0 heterocycles. The molecule has 114 valence electrons. The summed E-state index contributed by atoms with van der Waals surface area (Å²) in [6.45, 7) is 0.184. The molecule has 0 aliphatic heterocycles. The summed E-state index contributed by atoms with van der Waals surface area (Å²) in [5.74, 6) is -0.881. The number of carbonyl (C=O) groups excluding carboxylic acids is 1. The van der Waals surface area contributed by atoms with E-state index in [0.29, 0.717) is 10.0 Å². The Morgan fingerprint density at radius 3 is 2.73 bits per heavy atom. The van der Waals surface area contributed by atoms with Gasteiger partial charge in [-0.25, -0.2) is 4.39 Å². The highest BCUT2D eigenvalue weighted by atomic mass is 79.9. The lowest BCUT2D eigenvalue weighted by Crippen LogP contribution is -2.26. The maximum absolute atomic E-state index is 13.3. The molecule has 0 saturated carbocycles. The van der Waals surface area contributed by atoms with Crippen LogP contribution in [0.1, 0.15) is 15.9 Å². The monoisotopic (exact) mass is 366 g/mol. The van der Waals surface area contributed by atoms with Crippen molar-refractivity contribution < 1.29 is 14.1 Å². The molecule has 0 aliphatic carbocycles. The van der Waals surface area contributed by atoms with Crippen LogP contribution in [0.5, 0.6) is 0 Å². The average Bonchev–Trinajstić information content (AvgIpc) is 2.49. The van der Waals surface area contributed by atoms with Crippen LogP contribution in [0.25, 0.3) is 0 Å². The Morgan fingerprint density at radius 2 is 2.05 bits per heavy atom. The van der Waals surface area contributed by atoms with E-state index in [1.807, 2.05) is 0 Å². The Bertz CT molecular complexity index is 736. The minimum Gasteiger partial charge on any atom is -0.337 e. The fourth-order valence-corrected chi connectivity index (χ4v) is 2.40. The molecule has 0 aromatic heterocycles. The molecule has 2 aromatic rings. The number of amides is 1.